The first-order valence-corrected chi connectivity index (χ1v) is 6.05. The highest BCUT2D eigenvalue weighted by Crippen LogP contribution is 2.27. The van der Waals surface area contributed by atoms with Crippen molar-refractivity contribution in [2.45, 2.75) is 0 Å². The molecule has 0 heterocycles. The SMILES string of the molecule is CNC(=O)Nc1cccc2cc(OC(=O)NC)ccc12. The summed E-state index contributed by atoms with van der Waals surface area (Å²) in [5.74, 6) is 0.439. The van der Waals surface area contributed by atoms with E-state index in [1.807, 2.05) is 12.1 Å². The largest absolute Gasteiger partial charge is 0.412 e. The van der Waals surface area contributed by atoms with Gasteiger partial charge in [-0.3, -0.25) is 0 Å². The number of rotatable bonds is 2. The van der Waals surface area contributed by atoms with Gasteiger partial charge in [0.1, 0.15) is 5.75 Å². The molecule has 0 aliphatic heterocycles. The van der Waals surface area contributed by atoms with Gasteiger partial charge in [0.15, 0.2) is 0 Å². The highest BCUT2D eigenvalue weighted by molar-refractivity contribution is 6.02. The summed E-state index contributed by atoms with van der Waals surface area (Å²) in [6, 6.07) is 10.4. The smallest absolute Gasteiger partial charge is 0.410 e. The standard InChI is InChI=1S/C14H15N3O3/c1-15-13(18)17-12-5-3-4-9-8-10(6-7-11(9)12)20-14(19)16-2/h3-8H,1-2H3,(H,16,19)(H2,15,17,18). The fourth-order valence-electron chi connectivity index (χ4n) is 1.78. The summed E-state index contributed by atoms with van der Waals surface area (Å²) < 4.78 is 5.06. The van der Waals surface area contributed by atoms with Crippen LogP contribution in [0.5, 0.6) is 5.75 Å². The molecule has 6 heteroatoms. The third-order valence-electron chi connectivity index (χ3n) is 2.74. The number of fused-ring (bicyclic) bond motifs is 1. The second-order valence-electron chi connectivity index (χ2n) is 4.03. The highest BCUT2D eigenvalue weighted by Gasteiger charge is 2.06. The quantitative estimate of drug-likeness (QED) is 0.785. The molecule has 0 bridgehead atoms. The van der Waals surface area contributed by atoms with Crippen LogP contribution in [0, 0.1) is 0 Å². The van der Waals surface area contributed by atoms with E-state index in [4.69, 9.17) is 4.74 Å². The van der Waals surface area contributed by atoms with Crippen molar-refractivity contribution in [1.82, 2.24) is 10.6 Å². The van der Waals surface area contributed by atoms with Crippen molar-refractivity contribution in [3.05, 3.63) is 36.4 Å². The molecule has 2 aromatic rings. The van der Waals surface area contributed by atoms with Crippen molar-refractivity contribution in [2.75, 3.05) is 19.4 Å². The van der Waals surface area contributed by atoms with E-state index in [1.54, 1.807) is 31.3 Å². The van der Waals surface area contributed by atoms with Crippen LogP contribution in [0.25, 0.3) is 10.8 Å². The monoisotopic (exact) mass is 273 g/mol. The highest BCUT2D eigenvalue weighted by atomic mass is 16.5. The number of carbonyl (C=O) groups excluding carboxylic acids is 2. The van der Waals surface area contributed by atoms with Crippen LogP contribution in [0.4, 0.5) is 15.3 Å². The van der Waals surface area contributed by atoms with Gasteiger partial charge in [-0.2, -0.15) is 0 Å². The number of ether oxygens (including phenoxy) is 1. The molecule has 0 saturated carbocycles. The first-order valence-electron chi connectivity index (χ1n) is 6.05. The lowest BCUT2D eigenvalue weighted by atomic mass is 10.1. The topological polar surface area (TPSA) is 79.5 Å². The maximum absolute atomic E-state index is 11.4. The minimum absolute atomic E-state index is 0.289. The number of nitrogens with one attached hydrogen (secondary N) is 3. The predicted molar refractivity (Wildman–Crippen MR) is 77.1 cm³/mol. The van der Waals surface area contributed by atoms with E-state index in [-0.39, 0.29) is 6.03 Å². The van der Waals surface area contributed by atoms with E-state index in [0.717, 1.165) is 10.8 Å². The number of anilines is 1. The number of hydrogen-bond donors (Lipinski definition) is 3. The van der Waals surface area contributed by atoms with Gasteiger partial charge in [0.25, 0.3) is 0 Å². The first-order chi connectivity index (χ1) is 9.63. The van der Waals surface area contributed by atoms with Gasteiger partial charge in [-0.15, -0.1) is 0 Å². The Bertz CT molecular complexity index is 655. The van der Waals surface area contributed by atoms with E-state index in [2.05, 4.69) is 16.0 Å². The van der Waals surface area contributed by atoms with Gasteiger partial charge in [-0.1, -0.05) is 12.1 Å². The second kappa shape index (κ2) is 5.92. The molecule has 2 rings (SSSR count). The average Bonchev–Trinajstić information content (AvgIpc) is 2.47. The van der Waals surface area contributed by atoms with Gasteiger partial charge in [0, 0.05) is 19.5 Å². The van der Waals surface area contributed by atoms with Crippen molar-refractivity contribution in [1.29, 1.82) is 0 Å². The molecule has 3 amide bonds. The Balaban J connectivity index is 2.35. The molecular weight excluding hydrogens is 258 g/mol. The molecule has 2 aromatic carbocycles. The average molecular weight is 273 g/mol. The minimum atomic E-state index is -0.524. The lowest BCUT2D eigenvalue weighted by Crippen LogP contribution is -2.24. The van der Waals surface area contributed by atoms with Crippen LogP contribution in [0.1, 0.15) is 0 Å². The number of hydrogen-bond acceptors (Lipinski definition) is 3. The molecule has 0 radical (unpaired) electrons. The maximum atomic E-state index is 11.4. The van der Waals surface area contributed by atoms with Crippen LogP contribution in [-0.2, 0) is 0 Å². The van der Waals surface area contributed by atoms with Crippen LogP contribution >= 0.6 is 0 Å². The summed E-state index contributed by atoms with van der Waals surface area (Å²) >= 11 is 0. The molecule has 0 atom stereocenters. The van der Waals surface area contributed by atoms with Crippen LogP contribution in [0.2, 0.25) is 0 Å². The zero-order valence-corrected chi connectivity index (χ0v) is 11.2. The third-order valence-corrected chi connectivity index (χ3v) is 2.74. The molecule has 0 spiro atoms. The number of amides is 3. The summed E-state index contributed by atoms with van der Waals surface area (Å²) in [6.45, 7) is 0. The Morgan fingerprint density at radius 2 is 1.85 bits per heavy atom. The normalized spacial score (nSPS) is 9.90. The summed E-state index contributed by atoms with van der Waals surface area (Å²) in [5.41, 5.74) is 0.688. The zero-order chi connectivity index (χ0) is 14.5. The van der Waals surface area contributed by atoms with E-state index >= 15 is 0 Å². The molecule has 0 saturated heterocycles. The molecule has 0 fully saturated rings. The van der Waals surface area contributed by atoms with Gasteiger partial charge in [0.05, 0.1) is 5.69 Å². The summed E-state index contributed by atoms with van der Waals surface area (Å²) in [7, 11) is 3.05. The van der Waals surface area contributed by atoms with Crippen molar-refractivity contribution in [3.63, 3.8) is 0 Å². The third kappa shape index (κ3) is 2.97. The van der Waals surface area contributed by atoms with Gasteiger partial charge in [-0.05, 0) is 29.7 Å². The molecule has 0 aliphatic carbocycles. The van der Waals surface area contributed by atoms with Gasteiger partial charge in [0.2, 0.25) is 0 Å². The van der Waals surface area contributed by atoms with Crippen LogP contribution < -0.4 is 20.7 Å². The van der Waals surface area contributed by atoms with E-state index < -0.39 is 6.09 Å². The molecule has 0 aliphatic rings. The van der Waals surface area contributed by atoms with Gasteiger partial charge < -0.3 is 20.7 Å². The lowest BCUT2D eigenvalue weighted by molar-refractivity contribution is 0.203. The molecule has 0 unspecified atom stereocenters. The van der Waals surface area contributed by atoms with Crippen molar-refractivity contribution < 1.29 is 14.3 Å². The first kappa shape index (κ1) is 13.7. The Hall–Kier alpha value is -2.76. The zero-order valence-electron chi connectivity index (χ0n) is 11.2. The fourth-order valence-corrected chi connectivity index (χ4v) is 1.78. The summed E-state index contributed by atoms with van der Waals surface area (Å²) in [5, 5.41) is 9.33. The van der Waals surface area contributed by atoms with Crippen molar-refractivity contribution in [3.8, 4) is 5.75 Å². The molecule has 3 N–H and O–H groups in total. The van der Waals surface area contributed by atoms with E-state index in [9.17, 15) is 9.59 Å². The van der Waals surface area contributed by atoms with Crippen LogP contribution in [0.3, 0.4) is 0 Å². The maximum Gasteiger partial charge on any atom is 0.412 e. The number of benzene rings is 2. The summed E-state index contributed by atoms with van der Waals surface area (Å²) in [4.78, 5) is 22.5. The Labute approximate surface area is 116 Å². The molecule has 104 valence electrons. The summed E-state index contributed by atoms with van der Waals surface area (Å²) in [6.07, 6.45) is -0.524. The number of carbonyl (C=O) groups is 2. The van der Waals surface area contributed by atoms with Crippen LogP contribution in [-0.4, -0.2) is 26.2 Å². The van der Waals surface area contributed by atoms with E-state index in [0.29, 0.717) is 11.4 Å². The minimum Gasteiger partial charge on any atom is -0.410 e. The predicted octanol–water partition coefficient (Wildman–Crippen LogP) is 2.31. The van der Waals surface area contributed by atoms with Gasteiger partial charge in [-0.25, -0.2) is 9.59 Å². The van der Waals surface area contributed by atoms with Crippen molar-refractivity contribution in [2.24, 2.45) is 0 Å². The van der Waals surface area contributed by atoms with Gasteiger partial charge >= 0.3 is 12.1 Å². The fraction of sp³-hybridized carbons (Fsp3) is 0.143. The molecule has 6 nitrogen and oxygen atoms in total. The molecular formula is C14H15N3O3. The molecule has 0 aromatic heterocycles. The van der Waals surface area contributed by atoms with E-state index in [1.165, 1.54) is 7.05 Å². The van der Waals surface area contributed by atoms with Crippen LogP contribution in [0.15, 0.2) is 36.4 Å². The Morgan fingerprint density at radius 1 is 1.05 bits per heavy atom. The van der Waals surface area contributed by atoms with Crippen molar-refractivity contribution >= 4 is 28.6 Å². The number of urea groups is 1. The second-order valence-corrected chi connectivity index (χ2v) is 4.03. The molecule has 20 heavy (non-hydrogen) atoms. The Kier molecular flexibility index (Phi) is 4.05. The lowest BCUT2D eigenvalue weighted by Gasteiger charge is -2.09. The Morgan fingerprint density at radius 3 is 2.55 bits per heavy atom.